The summed E-state index contributed by atoms with van der Waals surface area (Å²) in [6, 6.07) is 3.72. The normalized spacial score (nSPS) is 10.9. The third-order valence-electron chi connectivity index (χ3n) is 2.65. The van der Waals surface area contributed by atoms with Gasteiger partial charge < -0.3 is 10.2 Å². The van der Waals surface area contributed by atoms with E-state index in [0.29, 0.717) is 13.1 Å². The van der Waals surface area contributed by atoms with Crippen molar-refractivity contribution in [2.75, 3.05) is 6.54 Å². The van der Waals surface area contributed by atoms with Gasteiger partial charge in [0, 0.05) is 11.4 Å². The van der Waals surface area contributed by atoms with E-state index in [9.17, 15) is 4.79 Å². The van der Waals surface area contributed by atoms with Gasteiger partial charge in [-0.1, -0.05) is 11.3 Å². The second-order valence-electron chi connectivity index (χ2n) is 3.90. The summed E-state index contributed by atoms with van der Waals surface area (Å²) in [5, 5.41) is 0. The van der Waals surface area contributed by atoms with Gasteiger partial charge in [0.2, 0.25) is 0 Å². The minimum absolute atomic E-state index is 0.0749. The highest BCUT2D eigenvalue weighted by Gasteiger charge is 2.15. The van der Waals surface area contributed by atoms with Crippen LogP contribution in [0.4, 0.5) is 0 Å². The minimum Gasteiger partial charge on any atom is -0.463 e. The summed E-state index contributed by atoms with van der Waals surface area (Å²) in [6.07, 6.45) is 3.47. The van der Waals surface area contributed by atoms with Gasteiger partial charge in [0.05, 0.1) is 6.26 Å². The maximum atomic E-state index is 11.9. The molecule has 0 aliphatic rings. The second-order valence-corrected chi connectivity index (χ2v) is 5.06. The Bertz CT molecular complexity index is 525. The van der Waals surface area contributed by atoms with E-state index in [1.54, 1.807) is 10.8 Å². The molecule has 0 saturated heterocycles. The SMILES string of the molecule is Cc1sc(=O)n(CCCCN)c1-c1ccco1. The lowest BCUT2D eigenvalue weighted by atomic mass is 10.2. The van der Waals surface area contributed by atoms with Crippen LogP contribution in [0.25, 0.3) is 11.5 Å². The van der Waals surface area contributed by atoms with Crippen molar-refractivity contribution in [2.45, 2.75) is 26.3 Å². The van der Waals surface area contributed by atoms with Crippen LogP contribution in [0.2, 0.25) is 0 Å². The molecule has 0 bridgehead atoms. The van der Waals surface area contributed by atoms with E-state index in [-0.39, 0.29) is 4.87 Å². The fraction of sp³-hybridized carbons (Fsp3) is 0.417. The Labute approximate surface area is 104 Å². The van der Waals surface area contributed by atoms with Gasteiger partial charge in [-0.2, -0.15) is 0 Å². The number of hydrogen-bond donors (Lipinski definition) is 1. The lowest BCUT2D eigenvalue weighted by Crippen LogP contribution is -2.15. The molecule has 0 amide bonds. The summed E-state index contributed by atoms with van der Waals surface area (Å²) in [5.41, 5.74) is 6.37. The smallest absolute Gasteiger partial charge is 0.307 e. The van der Waals surface area contributed by atoms with Gasteiger partial charge in [0.15, 0.2) is 5.76 Å². The van der Waals surface area contributed by atoms with Crippen molar-refractivity contribution in [1.29, 1.82) is 0 Å². The highest BCUT2D eigenvalue weighted by molar-refractivity contribution is 7.09. The van der Waals surface area contributed by atoms with Crippen LogP contribution in [-0.2, 0) is 6.54 Å². The highest BCUT2D eigenvalue weighted by atomic mass is 32.1. The van der Waals surface area contributed by atoms with Crippen molar-refractivity contribution in [2.24, 2.45) is 5.73 Å². The zero-order chi connectivity index (χ0) is 12.3. The summed E-state index contributed by atoms with van der Waals surface area (Å²) in [4.78, 5) is 12.9. The number of aromatic nitrogens is 1. The van der Waals surface area contributed by atoms with E-state index in [0.717, 1.165) is 29.2 Å². The van der Waals surface area contributed by atoms with E-state index in [4.69, 9.17) is 10.2 Å². The number of hydrogen-bond acceptors (Lipinski definition) is 4. The quantitative estimate of drug-likeness (QED) is 0.830. The Kier molecular flexibility index (Phi) is 3.81. The van der Waals surface area contributed by atoms with Gasteiger partial charge in [-0.05, 0) is 38.4 Å². The van der Waals surface area contributed by atoms with Gasteiger partial charge in [0.1, 0.15) is 5.69 Å². The lowest BCUT2D eigenvalue weighted by Gasteiger charge is -2.05. The molecule has 4 nitrogen and oxygen atoms in total. The van der Waals surface area contributed by atoms with E-state index >= 15 is 0 Å². The Morgan fingerprint density at radius 2 is 2.29 bits per heavy atom. The summed E-state index contributed by atoms with van der Waals surface area (Å²) in [5.74, 6) is 0.758. The predicted molar refractivity (Wildman–Crippen MR) is 69.3 cm³/mol. The topological polar surface area (TPSA) is 61.2 Å². The molecule has 0 fully saturated rings. The van der Waals surface area contributed by atoms with Gasteiger partial charge in [0.25, 0.3) is 0 Å². The lowest BCUT2D eigenvalue weighted by molar-refractivity contribution is 0.560. The Morgan fingerprint density at radius 3 is 2.94 bits per heavy atom. The molecule has 0 atom stereocenters. The fourth-order valence-corrected chi connectivity index (χ4v) is 2.72. The van der Waals surface area contributed by atoms with Crippen LogP contribution < -0.4 is 10.6 Å². The van der Waals surface area contributed by atoms with Crippen LogP contribution in [0.5, 0.6) is 0 Å². The Morgan fingerprint density at radius 1 is 1.47 bits per heavy atom. The highest BCUT2D eigenvalue weighted by Crippen LogP contribution is 2.25. The summed E-state index contributed by atoms with van der Waals surface area (Å²) >= 11 is 1.27. The average molecular weight is 252 g/mol. The Balaban J connectivity index is 2.34. The van der Waals surface area contributed by atoms with Crippen molar-refractivity contribution in [1.82, 2.24) is 4.57 Å². The molecule has 2 aromatic heterocycles. The molecule has 0 spiro atoms. The van der Waals surface area contributed by atoms with Crippen molar-refractivity contribution >= 4 is 11.3 Å². The number of rotatable bonds is 5. The second kappa shape index (κ2) is 5.33. The number of thiazole rings is 1. The average Bonchev–Trinajstić information content (AvgIpc) is 2.88. The van der Waals surface area contributed by atoms with Crippen molar-refractivity contribution in [3.05, 3.63) is 32.9 Å². The van der Waals surface area contributed by atoms with Crippen molar-refractivity contribution < 1.29 is 4.42 Å². The van der Waals surface area contributed by atoms with Gasteiger partial charge in [-0.3, -0.25) is 9.36 Å². The standard InChI is InChI=1S/C12H16N2O2S/c1-9-11(10-5-4-8-16-10)14(12(15)17-9)7-3-2-6-13/h4-5,8H,2-3,6-7,13H2,1H3. The molecule has 2 N–H and O–H groups in total. The van der Waals surface area contributed by atoms with E-state index in [2.05, 4.69) is 0 Å². The first-order valence-electron chi connectivity index (χ1n) is 5.68. The molecule has 0 saturated carbocycles. The van der Waals surface area contributed by atoms with Crippen molar-refractivity contribution in [3.63, 3.8) is 0 Å². The van der Waals surface area contributed by atoms with Gasteiger partial charge >= 0.3 is 4.87 Å². The first kappa shape index (κ1) is 12.1. The van der Waals surface area contributed by atoms with Crippen LogP contribution in [0.1, 0.15) is 17.7 Å². The summed E-state index contributed by atoms with van der Waals surface area (Å²) < 4.78 is 7.17. The first-order chi connectivity index (χ1) is 8.24. The molecule has 17 heavy (non-hydrogen) atoms. The number of unbranched alkanes of at least 4 members (excludes halogenated alkanes) is 1. The van der Waals surface area contributed by atoms with Crippen LogP contribution in [-0.4, -0.2) is 11.1 Å². The van der Waals surface area contributed by atoms with E-state index in [1.807, 2.05) is 19.1 Å². The van der Waals surface area contributed by atoms with E-state index in [1.165, 1.54) is 11.3 Å². The molecule has 0 aromatic carbocycles. The molecule has 0 unspecified atom stereocenters. The monoisotopic (exact) mass is 252 g/mol. The van der Waals surface area contributed by atoms with Crippen molar-refractivity contribution in [3.8, 4) is 11.5 Å². The fourth-order valence-electron chi connectivity index (χ4n) is 1.85. The molecular weight excluding hydrogens is 236 g/mol. The van der Waals surface area contributed by atoms with Crippen LogP contribution in [0, 0.1) is 6.92 Å². The van der Waals surface area contributed by atoms with Gasteiger partial charge in [-0.15, -0.1) is 0 Å². The molecule has 2 heterocycles. The van der Waals surface area contributed by atoms with E-state index < -0.39 is 0 Å². The maximum Gasteiger partial charge on any atom is 0.307 e. The predicted octanol–water partition coefficient (Wildman–Crippen LogP) is 2.22. The largest absolute Gasteiger partial charge is 0.463 e. The summed E-state index contributed by atoms with van der Waals surface area (Å²) in [6.45, 7) is 3.31. The number of nitrogens with two attached hydrogens (primary N) is 1. The molecule has 2 rings (SSSR count). The van der Waals surface area contributed by atoms with Crippen LogP contribution >= 0.6 is 11.3 Å². The first-order valence-corrected chi connectivity index (χ1v) is 6.50. The van der Waals surface area contributed by atoms with Crippen LogP contribution in [0.3, 0.4) is 0 Å². The molecule has 92 valence electrons. The number of aryl methyl sites for hydroxylation is 1. The third-order valence-corrected chi connectivity index (χ3v) is 3.55. The minimum atomic E-state index is 0.0749. The molecule has 0 radical (unpaired) electrons. The molecule has 5 heteroatoms. The third kappa shape index (κ3) is 2.50. The molecular formula is C12H16N2O2S. The number of nitrogens with zero attached hydrogens (tertiary/aromatic N) is 1. The molecule has 0 aliphatic carbocycles. The molecule has 0 aliphatic heterocycles. The summed E-state index contributed by atoms with van der Waals surface area (Å²) in [7, 11) is 0. The zero-order valence-corrected chi connectivity index (χ0v) is 10.6. The maximum absolute atomic E-state index is 11.9. The molecule has 2 aromatic rings. The van der Waals surface area contributed by atoms with Gasteiger partial charge in [-0.25, -0.2) is 0 Å². The number of furan rings is 1. The Hall–Kier alpha value is -1.33. The van der Waals surface area contributed by atoms with Crippen LogP contribution in [0.15, 0.2) is 27.6 Å². The zero-order valence-electron chi connectivity index (χ0n) is 9.81.